The molecule has 0 bridgehead atoms. The molecule has 17 heteroatoms. The summed E-state index contributed by atoms with van der Waals surface area (Å²) in [6, 6.07) is -0.874. The molecule has 10 nitrogen and oxygen atoms in total. The third kappa shape index (κ3) is 5.62. The monoisotopic (exact) mass is 586 g/mol. The summed E-state index contributed by atoms with van der Waals surface area (Å²) in [5.41, 5.74) is 7.64. The van der Waals surface area contributed by atoms with E-state index in [0.29, 0.717) is 22.8 Å². The van der Waals surface area contributed by atoms with Gasteiger partial charge in [-0.3, -0.25) is 14.5 Å². The molecule has 2 aromatic rings. The summed E-state index contributed by atoms with van der Waals surface area (Å²) in [6.45, 7) is 0. The predicted molar refractivity (Wildman–Crippen MR) is 140 cm³/mol. The van der Waals surface area contributed by atoms with Crippen molar-refractivity contribution >= 4 is 128 Å². The van der Waals surface area contributed by atoms with Crippen LogP contribution in [0.2, 0.25) is 0 Å². The molecule has 0 saturated carbocycles. The number of nitrogens with two attached hydrogens (primary N) is 1. The van der Waals surface area contributed by atoms with E-state index in [9.17, 15) is 19.5 Å². The first-order valence-corrected chi connectivity index (χ1v) is 14.5. The van der Waals surface area contributed by atoms with E-state index in [1.165, 1.54) is 51.5 Å². The van der Waals surface area contributed by atoms with Gasteiger partial charge >= 0.3 is 35.5 Å². The van der Waals surface area contributed by atoms with E-state index in [-0.39, 0.29) is 46.0 Å². The maximum atomic E-state index is 12.8. The standard InChI is InChI=1S/C17H15ClN6O4S5.Na.H/c1-29-16-22-23-17(33-16)32-4-6-3-30-13-9(12(26)24(13)10(6)14(27)28)21-11(25)7(2-18)8-5-31-15(19)20-8;;/h2,5,9,13H,3-4H2,1H3,(H2,19,20)(H,21,25)(H,27,28);;/b7-2+;;/t9?,13-;;/m1../s1. The number of anilines is 1. The Labute approximate surface area is 241 Å². The van der Waals surface area contributed by atoms with Crippen LogP contribution >= 0.6 is 69.6 Å². The van der Waals surface area contributed by atoms with Crippen molar-refractivity contribution in [3.63, 3.8) is 0 Å². The Bertz CT molecular complexity index is 1190. The van der Waals surface area contributed by atoms with Gasteiger partial charge in [0, 0.05) is 22.4 Å². The second-order valence-corrected chi connectivity index (χ2v) is 12.0. The predicted octanol–water partition coefficient (Wildman–Crippen LogP) is 1.76. The van der Waals surface area contributed by atoms with Gasteiger partial charge in [-0.2, -0.15) is 0 Å². The van der Waals surface area contributed by atoms with Gasteiger partial charge in [0.1, 0.15) is 17.1 Å². The van der Waals surface area contributed by atoms with Crippen LogP contribution in [0.5, 0.6) is 0 Å². The molecule has 1 saturated heterocycles. The second-order valence-electron chi connectivity index (χ2n) is 6.54. The minimum absolute atomic E-state index is 0. The van der Waals surface area contributed by atoms with E-state index in [2.05, 4.69) is 20.5 Å². The fourth-order valence-electron chi connectivity index (χ4n) is 3.13. The number of carbonyl (C=O) groups excluding carboxylic acids is 2. The number of β-lactam (4-membered cyclic amide) rings is 1. The summed E-state index contributed by atoms with van der Waals surface area (Å²) in [6.07, 6.45) is 1.90. The van der Waals surface area contributed by atoms with Crippen molar-refractivity contribution in [3.05, 3.63) is 27.9 Å². The van der Waals surface area contributed by atoms with Crippen LogP contribution in [0.1, 0.15) is 5.69 Å². The molecule has 2 amide bonds. The number of carboxylic acids is 1. The van der Waals surface area contributed by atoms with E-state index in [4.69, 9.17) is 17.3 Å². The fourth-order valence-corrected chi connectivity index (χ4v) is 7.83. The number of nitrogen functional groups attached to an aromatic ring is 1. The second kappa shape index (κ2) is 12.0. The maximum absolute atomic E-state index is 12.8. The summed E-state index contributed by atoms with van der Waals surface area (Å²) in [5.74, 6) is -1.49. The zero-order valence-electron chi connectivity index (χ0n) is 16.7. The molecule has 1 unspecified atom stereocenters. The normalized spacial score (nSPS) is 19.9. The number of thiazole rings is 1. The number of nitrogens with one attached hydrogen (secondary N) is 1. The van der Waals surface area contributed by atoms with Gasteiger partial charge < -0.3 is 16.2 Å². The molecular formula is C17H16ClN6NaO4S5. The van der Waals surface area contributed by atoms with Gasteiger partial charge in [0.2, 0.25) is 0 Å². The summed E-state index contributed by atoms with van der Waals surface area (Å²) >= 11 is 12.7. The number of hydrogen-bond acceptors (Lipinski definition) is 12. The van der Waals surface area contributed by atoms with Gasteiger partial charge in [-0.15, -0.1) is 33.3 Å². The third-order valence-corrected chi connectivity index (χ3v) is 9.97. The molecule has 2 aliphatic rings. The molecule has 4 rings (SSSR count). The van der Waals surface area contributed by atoms with Crippen molar-refractivity contribution in [2.75, 3.05) is 23.5 Å². The van der Waals surface area contributed by atoms with Gasteiger partial charge in [0.05, 0.1) is 11.3 Å². The van der Waals surface area contributed by atoms with Crippen LogP contribution in [-0.2, 0) is 14.4 Å². The first kappa shape index (κ1) is 27.8. The Kier molecular flexibility index (Phi) is 9.79. The van der Waals surface area contributed by atoms with Crippen molar-refractivity contribution in [2.24, 2.45) is 0 Å². The number of carboxylic acid groups (broad SMARTS) is 1. The number of aromatic nitrogens is 3. The van der Waals surface area contributed by atoms with E-state index in [0.717, 1.165) is 25.6 Å². The van der Waals surface area contributed by atoms with Crippen molar-refractivity contribution in [1.29, 1.82) is 0 Å². The molecule has 2 aromatic heterocycles. The van der Waals surface area contributed by atoms with Crippen molar-refractivity contribution in [1.82, 2.24) is 25.4 Å². The molecule has 4 N–H and O–H groups in total. The Morgan fingerprint density at radius 1 is 1.41 bits per heavy atom. The van der Waals surface area contributed by atoms with E-state index in [1.54, 1.807) is 5.38 Å². The van der Waals surface area contributed by atoms with Gasteiger partial charge in [-0.05, 0) is 11.8 Å². The topological polar surface area (TPSA) is 151 Å². The molecule has 2 aliphatic heterocycles. The van der Waals surface area contributed by atoms with Crippen LogP contribution in [0.25, 0.3) is 5.57 Å². The minimum atomic E-state index is -1.18. The molecule has 0 aliphatic carbocycles. The third-order valence-electron chi connectivity index (χ3n) is 4.62. The summed E-state index contributed by atoms with van der Waals surface area (Å²) < 4.78 is 1.55. The zero-order chi connectivity index (χ0) is 23.7. The first-order chi connectivity index (χ1) is 15.8. The summed E-state index contributed by atoms with van der Waals surface area (Å²) in [7, 11) is 0. The Morgan fingerprint density at radius 2 is 2.15 bits per heavy atom. The average Bonchev–Trinajstić information content (AvgIpc) is 3.44. The molecular weight excluding hydrogens is 571 g/mol. The van der Waals surface area contributed by atoms with Gasteiger partial charge in [-0.25, -0.2) is 9.78 Å². The van der Waals surface area contributed by atoms with Crippen LogP contribution in [0.4, 0.5) is 5.13 Å². The zero-order valence-corrected chi connectivity index (χ0v) is 21.5. The Hall–Kier alpha value is -0.780. The van der Waals surface area contributed by atoms with Crippen LogP contribution < -0.4 is 11.1 Å². The molecule has 176 valence electrons. The molecule has 4 heterocycles. The number of fused-ring (bicyclic) bond motifs is 1. The number of amides is 2. The number of rotatable bonds is 8. The number of aliphatic carboxylic acids is 1. The average molecular weight is 587 g/mol. The Morgan fingerprint density at radius 3 is 2.74 bits per heavy atom. The van der Waals surface area contributed by atoms with Crippen molar-refractivity contribution < 1.29 is 19.5 Å². The molecule has 0 radical (unpaired) electrons. The number of hydrogen-bond donors (Lipinski definition) is 3. The van der Waals surface area contributed by atoms with E-state index >= 15 is 0 Å². The number of carbonyl (C=O) groups is 3. The number of nitrogens with zero attached hydrogens (tertiary/aromatic N) is 4. The van der Waals surface area contributed by atoms with Crippen LogP contribution in [0, 0.1) is 0 Å². The van der Waals surface area contributed by atoms with Gasteiger partial charge in [0.15, 0.2) is 13.8 Å². The Balaban J connectivity index is 0.00000324. The molecule has 1 fully saturated rings. The summed E-state index contributed by atoms with van der Waals surface area (Å²) in [4.78, 5) is 42.8. The fraction of sp³-hybridized carbons (Fsp3) is 0.294. The van der Waals surface area contributed by atoms with Gasteiger partial charge in [0.25, 0.3) is 11.8 Å². The quantitative estimate of drug-likeness (QED) is 0.180. The SMILES string of the molecule is CSc1nnc(SCC2=C(C(=O)O)N3C(=O)C(NC(=O)/C(=C/Cl)c4csc(N)n4)[C@H]3SC2)s1.[NaH]. The van der Waals surface area contributed by atoms with E-state index in [1.807, 2.05) is 6.26 Å². The first-order valence-electron chi connectivity index (χ1n) is 9.07. The van der Waals surface area contributed by atoms with Crippen LogP contribution in [-0.4, -0.2) is 102 Å². The van der Waals surface area contributed by atoms with Crippen molar-refractivity contribution in [2.45, 2.75) is 20.1 Å². The van der Waals surface area contributed by atoms with Crippen molar-refractivity contribution in [3.8, 4) is 0 Å². The number of halogens is 1. The molecule has 34 heavy (non-hydrogen) atoms. The van der Waals surface area contributed by atoms with Crippen LogP contribution in [0.3, 0.4) is 0 Å². The van der Waals surface area contributed by atoms with Gasteiger partial charge in [-0.1, -0.05) is 46.5 Å². The number of thioether (sulfide) groups is 3. The molecule has 2 atom stereocenters. The summed E-state index contributed by atoms with van der Waals surface area (Å²) in [5, 5.41) is 21.9. The van der Waals surface area contributed by atoms with Crippen LogP contribution in [0.15, 0.2) is 30.9 Å². The molecule has 0 spiro atoms. The molecule has 0 aromatic carbocycles. The van der Waals surface area contributed by atoms with E-state index < -0.39 is 29.2 Å².